The van der Waals surface area contributed by atoms with Gasteiger partial charge in [-0.25, -0.2) is 4.98 Å². The van der Waals surface area contributed by atoms with Crippen LogP contribution in [-0.2, 0) is 6.54 Å². The molecule has 26 heavy (non-hydrogen) atoms. The first-order valence-corrected chi connectivity index (χ1v) is 9.52. The molecule has 0 spiro atoms. The van der Waals surface area contributed by atoms with Crippen LogP contribution in [0.25, 0.3) is 11.3 Å². The lowest BCUT2D eigenvalue weighted by Crippen LogP contribution is -2.36. The predicted molar refractivity (Wildman–Crippen MR) is 101 cm³/mol. The van der Waals surface area contributed by atoms with E-state index < -0.39 is 0 Å². The summed E-state index contributed by atoms with van der Waals surface area (Å²) in [5.74, 6) is 0.476. The maximum absolute atomic E-state index is 12.5. The van der Waals surface area contributed by atoms with E-state index in [9.17, 15) is 4.79 Å². The highest BCUT2D eigenvalue weighted by Crippen LogP contribution is 2.26. The minimum Gasteiger partial charge on any atom is -0.347 e. The lowest BCUT2D eigenvalue weighted by molar-refractivity contribution is 0.351. The van der Waals surface area contributed by atoms with Crippen LogP contribution >= 0.6 is 11.3 Å². The standard InChI is InChI=1S/C18H20N6OS/c1-13-21-22-18(26-13)23-7-4-14(5-8-23)11-24-12-20-16(9-17(24)25)15-3-2-6-19-10-15/h2-3,6,9-10,12,14H,4-5,7-8,11H2,1H3. The van der Waals surface area contributed by atoms with Gasteiger partial charge in [0.05, 0.1) is 12.0 Å². The van der Waals surface area contributed by atoms with E-state index in [2.05, 4.69) is 25.1 Å². The van der Waals surface area contributed by atoms with Crippen LogP contribution in [0.3, 0.4) is 0 Å². The summed E-state index contributed by atoms with van der Waals surface area (Å²) >= 11 is 1.63. The largest absolute Gasteiger partial charge is 0.347 e. The molecule has 7 nitrogen and oxygen atoms in total. The van der Waals surface area contributed by atoms with Crippen molar-refractivity contribution < 1.29 is 0 Å². The van der Waals surface area contributed by atoms with Gasteiger partial charge in [-0.15, -0.1) is 10.2 Å². The van der Waals surface area contributed by atoms with E-state index in [-0.39, 0.29) is 5.56 Å². The van der Waals surface area contributed by atoms with Gasteiger partial charge >= 0.3 is 0 Å². The Kier molecular flexibility index (Phi) is 4.75. The third-order valence-corrected chi connectivity index (χ3v) is 5.59. The van der Waals surface area contributed by atoms with Gasteiger partial charge in [0.25, 0.3) is 5.56 Å². The minimum atomic E-state index is -0.0129. The van der Waals surface area contributed by atoms with E-state index in [1.807, 2.05) is 19.1 Å². The van der Waals surface area contributed by atoms with E-state index in [1.165, 1.54) is 0 Å². The summed E-state index contributed by atoms with van der Waals surface area (Å²) in [7, 11) is 0. The molecule has 4 heterocycles. The summed E-state index contributed by atoms with van der Waals surface area (Å²) in [6, 6.07) is 5.34. The Morgan fingerprint density at radius 3 is 2.77 bits per heavy atom. The van der Waals surface area contributed by atoms with Crippen molar-refractivity contribution in [2.45, 2.75) is 26.3 Å². The lowest BCUT2D eigenvalue weighted by atomic mass is 9.97. The average Bonchev–Trinajstić information content (AvgIpc) is 3.11. The quantitative estimate of drug-likeness (QED) is 0.704. The predicted octanol–water partition coefficient (Wildman–Crippen LogP) is 2.38. The van der Waals surface area contributed by atoms with Crippen LogP contribution in [0.5, 0.6) is 0 Å². The molecule has 3 aromatic rings. The van der Waals surface area contributed by atoms with Crippen LogP contribution in [0.4, 0.5) is 5.13 Å². The first-order chi connectivity index (χ1) is 12.7. The molecule has 0 unspecified atom stereocenters. The molecule has 1 aliphatic rings. The van der Waals surface area contributed by atoms with Crippen molar-refractivity contribution in [1.82, 2.24) is 24.7 Å². The third-order valence-electron chi connectivity index (χ3n) is 4.69. The topological polar surface area (TPSA) is 76.8 Å². The van der Waals surface area contributed by atoms with Gasteiger partial charge in [-0.3, -0.25) is 14.3 Å². The summed E-state index contributed by atoms with van der Waals surface area (Å²) < 4.78 is 1.72. The summed E-state index contributed by atoms with van der Waals surface area (Å²) in [4.78, 5) is 23.3. The normalized spacial score (nSPS) is 15.3. The first kappa shape index (κ1) is 16.8. The molecule has 0 aliphatic carbocycles. The van der Waals surface area contributed by atoms with Gasteiger partial charge < -0.3 is 4.90 Å². The second-order valence-corrected chi connectivity index (χ2v) is 7.70. The third kappa shape index (κ3) is 3.65. The molecule has 0 atom stereocenters. The number of aryl methyl sites for hydroxylation is 1. The van der Waals surface area contributed by atoms with Crippen molar-refractivity contribution in [3.05, 3.63) is 52.3 Å². The smallest absolute Gasteiger partial charge is 0.253 e. The minimum absolute atomic E-state index is 0.0129. The van der Waals surface area contributed by atoms with Gasteiger partial charge in [0.2, 0.25) is 5.13 Å². The molecule has 0 aromatic carbocycles. The van der Waals surface area contributed by atoms with Gasteiger partial charge in [-0.2, -0.15) is 0 Å². The van der Waals surface area contributed by atoms with Crippen molar-refractivity contribution >= 4 is 16.5 Å². The molecule has 0 N–H and O–H groups in total. The molecule has 0 bridgehead atoms. The Balaban J connectivity index is 1.40. The van der Waals surface area contributed by atoms with Crippen LogP contribution in [-0.4, -0.2) is 37.8 Å². The van der Waals surface area contributed by atoms with Crippen LogP contribution in [0.1, 0.15) is 17.8 Å². The van der Waals surface area contributed by atoms with Crippen molar-refractivity contribution in [2.75, 3.05) is 18.0 Å². The van der Waals surface area contributed by atoms with Crippen LogP contribution in [0.15, 0.2) is 41.7 Å². The fraction of sp³-hybridized carbons (Fsp3) is 0.389. The number of nitrogens with zero attached hydrogens (tertiary/aromatic N) is 6. The lowest BCUT2D eigenvalue weighted by Gasteiger charge is -2.31. The Bertz CT molecular complexity index is 930. The maximum atomic E-state index is 12.5. The SMILES string of the molecule is Cc1nnc(N2CCC(Cn3cnc(-c4cccnc4)cc3=O)CC2)s1. The number of hydrogen-bond acceptors (Lipinski definition) is 7. The molecule has 0 radical (unpaired) electrons. The van der Waals surface area contributed by atoms with Crippen molar-refractivity contribution in [2.24, 2.45) is 5.92 Å². The monoisotopic (exact) mass is 368 g/mol. The molecule has 3 aromatic heterocycles. The van der Waals surface area contributed by atoms with Gasteiger partial charge in [0.1, 0.15) is 5.01 Å². The van der Waals surface area contributed by atoms with E-state index in [0.29, 0.717) is 18.2 Å². The Morgan fingerprint density at radius 1 is 1.27 bits per heavy atom. The molecular formula is C18H20N6OS. The zero-order valence-electron chi connectivity index (χ0n) is 14.6. The number of aromatic nitrogens is 5. The fourth-order valence-corrected chi connectivity index (χ4v) is 3.97. The van der Waals surface area contributed by atoms with Gasteiger partial charge in [-0.1, -0.05) is 11.3 Å². The summed E-state index contributed by atoms with van der Waals surface area (Å²) in [5, 5.41) is 10.3. The maximum Gasteiger partial charge on any atom is 0.253 e. The van der Waals surface area contributed by atoms with Crippen LogP contribution < -0.4 is 10.5 Å². The second-order valence-electron chi connectivity index (χ2n) is 6.54. The van der Waals surface area contributed by atoms with Crippen molar-refractivity contribution in [3.8, 4) is 11.3 Å². The summed E-state index contributed by atoms with van der Waals surface area (Å²) in [5.41, 5.74) is 1.51. The Hall–Kier alpha value is -2.61. The molecule has 0 saturated carbocycles. The molecule has 4 rings (SSSR count). The Morgan fingerprint density at radius 2 is 2.12 bits per heavy atom. The summed E-state index contributed by atoms with van der Waals surface area (Å²) in [6.45, 7) is 4.59. The molecule has 1 fully saturated rings. The number of piperidine rings is 1. The van der Waals surface area contributed by atoms with Crippen LogP contribution in [0.2, 0.25) is 0 Å². The highest BCUT2D eigenvalue weighted by atomic mass is 32.1. The van der Waals surface area contributed by atoms with Crippen molar-refractivity contribution in [1.29, 1.82) is 0 Å². The van der Waals surface area contributed by atoms with Gasteiger partial charge in [0, 0.05) is 43.7 Å². The molecular weight excluding hydrogens is 348 g/mol. The van der Waals surface area contributed by atoms with E-state index in [1.54, 1.807) is 40.7 Å². The molecule has 0 amide bonds. The van der Waals surface area contributed by atoms with Crippen LogP contribution in [0, 0.1) is 12.8 Å². The average molecular weight is 368 g/mol. The van der Waals surface area contributed by atoms with E-state index in [0.717, 1.165) is 41.6 Å². The van der Waals surface area contributed by atoms with E-state index in [4.69, 9.17) is 0 Å². The van der Waals surface area contributed by atoms with Crippen molar-refractivity contribution in [3.63, 3.8) is 0 Å². The van der Waals surface area contributed by atoms with E-state index >= 15 is 0 Å². The number of pyridine rings is 1. The Labute approximate surface area is 155 Å². The zero-order valence-corrected chi connectivity index (χ0v) is 15.4. The molecule has 8 heteroatoms. The number of anilines is 1. The number of rotatable bonds is 4. The summed E-state index contributed by atoms with van der Waals surface area (Å²) in [6.07, 6.45) is 7.16. The fourth-order valence-electron chi connectivity index (χ4n) is 3.23. The van der Waals surface area contributed by atoms with Gasteiger partial charge in [0.15, 0.2) is 0 Å². The first-order valence-electron chi connectivity index (χ1n) is 8.71. The molecule has 134 valence electrons. The molecule has 1 aliphatic heterocycles. The highest BCUT2D eigenvalue weighted by Gasteiger charge is 2.22. The van der Waals surface area contributed by atoms with Gasteiger partial charge in [-0.05, 0) is 37.8 Å². The number of hydrogen-bond donors (Lipinski definition) is 0. The molecule has 1 saturated heterocycles. The highest BCUT2D eigenvalue weighted by molar-refractivity contribution is 7.15. The zero-order chi connectivity index (χ0) is 17.9. The second kappa shape index (κ2) is 7.33.